The van der Waals surface area contributed by atoms with E-state index in [9.17, 15) is 4.79 Å². The van der Waals surface area contributed by atoms with Crippen molar-refractivity contribution in [1.29, 1.82) is 0 Å². The lowest BCUT2D eigenvalue weighted by atomic mass is 9.94. The van der Waals surface area contributed by atoms with Gasteiger partial charge in [0.15, 0.2) is 0 Å². The Balaban J connectivity index is 1.74. The molecule has 1 atom stereocenters. The van der Waals surface area contributed by atoms with Crippen LogP contribution in [-0.4, -0.2) is 38.8 Å². The summed E-state index contributed by atoms with van der Waals surface area (Å²) in [5.41, 5.74) is 1.72. The number of carbonyl (C=O) groups excluding carboxylic acids is 1. The minimum absolute atomic E-state index is 0.0751. The van der Waals surface area contributed by atoms with Crippen molar-refractivity contribution in [1.82, 2.24) is 19.9 Å². The van der Waals surface area contributed by atoms with E-state index in [1.165, 1.54) is 0 Å². The van der Waals surface area contributed by atoms with Gasteiger partial charge in [-0.25, -0.2) is 9.97 Å². The van der Waals surface area contributed by atoms with E-state index in [2.05, 4.69) is 15.0 Å². The molecule has 1 fully saturated rings. The first kappa shape index (κ1) is 12.7. The summed E-state index contributed by atoms with van der Waals surface area (Å²) in [5.74, 6) is 0.378. The Kier molecular flexibility index (Phi) is 3.67. The van der Waals surface area contributed by atoms with E-state index in [-0.39, 0.29) is 5.91 Å². The molecule has 0 aliphatic carbocycles. The lowest BCUT2D eigenvalue weighted by Crippen LogP contribution is -2.39. The van der Waals surface area contributed by atoms with Crippen LogP contribution >= 0.6 is 0 Å². The molecule has 0 aromatic carbocycles. The van der Waals surface area contributed by atoms with Crippen molar-refractivity contribution in [2.75, 3.05) is 13.1 Å². The van der Waals surface area contributed by atoms with Crippen LogP contribution in [0.5, 0.6) is 0 Å². The highest BCUT2D eigenvalue weighted by molar-refractivity contribution is 5.94. The van der Waals surface area contributed by atoms with Gasteiger partial charge >= 0.3 is 0 Å². The van der Waals surface area contributed by atoms with Gasteiger partial charge in [0.25, 0.3) is 5.91 Å². The SMILES string of the molecule is O=C(c1ccncc1)N1CCCC(c2ccncn2)C1. The van der Waals surface area contributed by atoms with Crippen molar-refractivity contribution in [2.24, 2.45) is 0 Å². The molecule has 102 valence electrons. The van der Waals surface area contributed by atoms with E-state index < -0.39 is 0 Å². The summed E-state index contributed by atoms with van der Waals surface area (Å²) in [6.45, 7) is 1.53. The van der Waals surface area contributed by atoms with E-state index in [0.717, 1.165) is 31.6 Å². The smallest absolute Gasteiger partial charge is 0.253 e. The van der Waals surface area contributed by atoms with Crippen molar-refractivity contribution < 1.29 is 4.79 Å². The molecule has 0 N–H and O–H groups in total. The average molecular weight is 268 g/mol. The summed E-state index contributed by atoms with van der Waals surface area (Å²) in [5, 5.41) is 0. The molecular formula is C15H16N4O. The first-order valence-electron chi connectivity index (χ1n) is 6.80. The number of piperidine rings is 1. The van der Waals surface area contributed by atoms with Gasteiger partial charge in [0.2, 0.25) is 0 Å². The fraction of sp³-hybridized carbons (Fsp3) is 0.333. The third kappa shape index (κ3) is 2.66. The first-order valence-corrected chi connectivity index (χ1v) is 6.80. The van der Waals surface area contributed by atoms with Gasteiger partial charge in [0.1, 0.15) is 6.33 Å². The third-order valence-corrected chi connectivity index (χ3v) is 3.66. The molecule has 5 heteroatoms. The van der Waals surface area contributed by atoms with Gasteiger partial charge in [-0.2, -0.15) is 0 Å². The van der Waals surface area contributed by atoms with Gasteiger partial charge in [-0.3, -0.25) is 9.78 Å². The number of rotatable bonds is 2. The molecule has 5 nitrogen and oxygen atoms in total. The molecule has 3 heterocycles. The predicted octanol–water partition coefficient (Wildman–Crippen LogP) is 1.89. The molecule has 1 aliphatic rings. The molecule has 20 heavy (non-hydrogen) atoms. The predicted molar refractivity (Wildman–Crippen MR) is 74.1 cm³/mol. The number of hydrogen-bond acceptors (Lipinski definition) is 4. The van der Waals surface area contributed by atoms with Crippen molar-refractivity contribution in [2.45, 2.75) is 18.8 Å². The van der Waals surface area contributed by atoms with E-state index in [4.69, 9.17) is 0 Å². The molecule has 0 radical (unpaired) electrons. The number of amides is 1. The minimum Gasteiger partial charge on any atom is -0.338 e. The van der Waals surface area contributed by atoms with Gasteiger partial charge in [-0.05, 0) is 31.0 Å². The molecule has 1 saturated heterocycles. The van der Waals surface area contributed by atoms with Crippen LogP contribution in [0.3, 0.4) is 0 Å². The zero-order valence-electron chi connectivity index (χ0n) is 11.1. The van der Waals surface area contributed by atoms with Gasteiger partial charge in [0.05, 0.1) is 0 Å². The van der Waals surface area contributed by atoms with Crippen LogP contribution in [0.1, 0.15) is 34.8 Å². The Labute approximate surface area is 117 Å². The molecule has 1 unspecified atom stereocenters. The van der Waals surface area contributed by atoms with Crippen molar-refractivity contribution in [3.05, 3.63) is 54.4 Å². The minimum atomic E-state index is 0.0751. The average Bonchev–Trinajstić information content (AvgIpc) is 2.56. The van der Waals surface area contributed by atoms with Crippen LogP contribution in [-0.2, 0) is 0 Å². The molecule has 2 aromatic rings. The summed E-state index contributed by atoms with van der Waals surface area (Å²) in [6, 6.07) is 5.46. The summed E-state index contributed by atoms with van der Waals surface area (Å²) in [4.78, 5) is 26.6. The summed E-state index contributed by atoms with van der Waals surface area (Å²) < 4.78 is 0. The molecule has 0 spiro atoms. The maximum atomic E-state index is 12.4. The summed E-state index contributed by atoms with van der Waals surface area (Å²) in [7, 11) is 0. The van der Waals surface area contributed by atoms with Crippen LogP contribution in [0, 0.1) is 0 Å². The highest BCUT2D eigenvalue weighted by Gasteiger charge is 2.26. The molecule has 0 saturated carbocycles. The molecule has 2 aromatic heterocycles. The number of carbonyl (C=O) groups is 1. The van der Waals surface area contributed by atoms with Crippen molar-refractivity contribution in [3.63, 3.8) is 0 Å². The Morgan fingerprint density at radius 3 is 2.70 bits per heavy atom. The molecule has 1 aliphatic heterocycles. The zero-order chi connectivity index (χ0) is 13.8. The van der Waals surface area contributed by atoms with E-state index >= 15 is 0 Å². The number of likely N-dealkylation sites (tertiary alicyclic amines) is 1. The second-order valence-corrected chi connectivity index (χ2v) is 4.96. The van der Waals surface area contributed by atoms with Crippen LogP contribution in [0.2, 0.25) is 0 Å². The van der Waals surface area contributed by atoms with Gasteiger partial charge in [-0.1, -0.05) is 0 Å². The van der Waals surface area contributed by atoms with Crippen LogP contribution in [0.15, 0.2) is 43.1 Å². The Hall–Kier alpha value is -2.30. The van der Waals surface area contributed by atoms with E-state index in [1.54, 1.807) is 37.1 Å². The summed E-state index contributed by atoms with van der Waals surface area (Å²) in [6.07, 6.45) is 8.70. The van der Waals surface area contributed by atoms with Crippen molar-refractivity contribution in [3.8, 4) is 0 Å². The number of aromatic nitrogens is 3. The molecule has 3 rings (SSSR count). The van der Waals surface area contributed by atoms with Gasteiger partial charge in [-0.15, -0.1) is 0 Å². The highest BCUT2D eigenvalue weighted by Crippen LogP contribution is 2.25. The first-order chi connectivity index (χ1) is 9.84. The second kappa shape index (κ2) is 5.77. The Morgan fingerprint density at radius 2 is 1.95 bits per heavy atom. The van der Waals surface area contributed by atoms with Crippen LogP contribution in [0.4, 0.5) is 0 Å². The van der Waals surface area contributed by atoms with E-state index in [0.29, 0.717) is 11.5 Å². The molecule has 1 amide bonds. The second-order valence-electron chi connectivity index (χ2n) is 4.96. The maximum absolute atomic E-state index is 12.4. The highest BCUT2D eigenvalue weighted by atomic mass is 16.2. The van der Waals surface area contributed by atoms with Crippen molar-refractivity contribution >= 4 is 5.91 Å². The number of nitrogens with zero attached hydrogens (tertiary/aromatic N) is 4. The number of hydrogen-bond donors (Lipinski definition) is 0. The normalized spacial score (nSPS) is 18.8. The largest absolute Gasteiger partial charge is 0.338 e. The topological polar surface area (TPSA) is 59.0 Å². The fourth-order valence-electron chi connectivity index (χ4n) is 2.62. The van der Waals surface area contributed by atoms with Gasteiger partial charge in [0, 0.05) is 48.9 Å². The zero-order valence-corrected chi connectivity index (χ0v) is 11.1. The van der Waals surface area contributed by atoms with E-state index in [1.807, 2.05) is 11.0 Å². The lowest BCUT2D eigenvalue weighted by Gasteiger charge is -2.32. The van der Waals surface area contributed by atoms with Crippen LogP contribution < -0.4 is 0 Å². The number of pyridine rings is 1. The lowest BCUT2D eigenvalue weighted by molar-refractivity contribution is 0.0705. The fourth-order valence-corrected chi connectivity index (χ4v) is 2.62. The Morgan fingerprint density at radius 1 is 1.15 bits per heavy atom. The quantitative estimate of drug-likeness (QED) is 0.834. The molecule has 0 bridgehead atoms. The monoisotopic (exact) mass is 268 g/mol. The summed E-state index contributed by atoms with van der Waals surface area (Å²) >= 11 is 0. The van der Waals surface area contributed by atoms with Gasteiger partial charge < -0.3 is 4.90 Å². The maximum Gasteiger partial charge on any atom is 0.253 e. The third-order valence-electron chi connectivity index (χ3n) is 3.66. The van der Waals surface area contributed by atoms with Crippen LogP contribution in [0.25, 0.3) is 0 Å². The molecular weight excluding hydrogens is 252 g/mol. The Bertz CT molecular complexity index is 573. The standard InChI is InChI=1S/C15H16N4O/c20-15(12-3-6-16-7-4-12)19-9-1-2-13(10-19)14-5-8-17-11-18-14/h3-8,11,13H,1-2,9-10H2.